The van der Waals surface area contributed by atoms with Crippen LogP contribution in [-0.4, -0.2) is 9.55 Å². The topological polar surface area (TPSA) is 21.7 Å². The predicted octanol–water partition coefficient (Wildman–Crippen LogP) is 2.72. The van der Waals surface area contributed by atoms with Crippen molar-refractivity contribution in [2.24, 2.45) is 14.1 Å². The molecule has 18 heavy (non-hydrogen) atoms. The zero-order valence-corrected chi connectivity index (χ0v) is 11.0. The van der Waals surface area contributed by atoms with Gasteiger partial charge in [-0.1, -0.05) is 11.6 Å². The third-order valence-electron chi connectivity index (χ3n) is 3.08. The van der Waals surface area contributed by atoms with Gasteiger partial charge >= 0.3 is 0 Å². The van der Waals surface area contributed by atoms with Crippen LogP contribution in [0.25, 0.3) is 22.4 Å². The minimum absolute atomic E-state index is 0.714. The van der Waals surface area contributed by atoms with Gasteiger partial charge in [0.15, 0.2) is 12.4 Å². The van der Waals surface area contributed by atoms with Gasteiger partial charge in [-0.2, -0.15) is 0 Å². The maximum Gasteiger partial charge on any atom is 0.169 e. The van der Waals surface area contributed by atoms with E-state index in [1.54, 1.807) is 0 Å². The number of rotatable bonds is 1. The number of nitrogens with zero attached hydrogens (tertiary/aromatic N) is 3. The van der Waals surface area contributed by atoms with Gasteiger partial charge in [-0.15, -0.1) is 0 Å². The molecule has 4 heteroatoms. The lowest BCUT2D eigenvalue weighted by atomic mass is 10.2. The van der Waals surface area contributed by atoms with Gasteiger partial charge in [0.1, 0.15) is 12.9 Å². The maximum absolute atomic E-state index is 5.99. The number of imidazole rings is 1. The van der Waals surface area contributed by atoms with E-state index in [0.717, 1.165) is 22.4 Å². The normalized spacial score (nSPS) is 11.1. The van der Waals surface area contributed by atoms with Crippen molar-refractivity contribution in [2.45, 2.75) is 0 Å². The van der Waals surface area contributed by atoms with E-state index in [-0.39, 0.29) is 0 Å². The van der Waals surface area contributed by atoms with Gasteiger partial charge in [0.05, 0.1) is 11.0 Å². The van der Waals surface area contributed by atoms with E-state index in [4.69, 9.17) is 11.6 Å². The Labute approximate surface area is 110 Å². The third kappa shape index (κ3) is 1.77. The molecule has 0 N–H and O–H groups in total. The molecule has 2 aromatic heterocycles. The maximum atomic E-state index is 5.99. The van der Waals surface area contributed by atoms with Gasteiger partial charge in [0.25, 0.3) is 0 Å². The summed E-state index contributed by atoms with van der Waals surface area (Å²) in [7, 11) is 4.02. The highest BCUT2D eigenvalue weighted by Crippen LogP contribution is 2.24. The number of hydrogen-bond acceptors (Lipinski definition) is 1. The number of aryl methyl sites for hydroxylation is 2. The fraction of sp³-hybridized carbons (Fsp3) is 0.143. The summed E-state index contributed by atoms with van der Waals surface area (Å²) in [6.45, 7) is 0. The van der Waals surface area contributed by atoms with Crippen molar-refractivity contribution in [1.82, 2.24) is 9.55 Å². The lowest BCUT2D eigenvalue weighted by Gasteiger charge is -2.01. The molecule has 0 fully saturated rings. The molecule has 0 spiro atoms. The highest BCUT2D eigenvalue weighted by Gasteiger charge is 2.10. The van der Waals surface area contributed by atoms with Gasteiger partial charge in [-0.05, 0) is 18.2 Å². The molecule has 3 rings (SSSR count). The summed E-state index contributed by atoms with van der Waals surface area (Å²) in [6.07, 6.45) is 4.03. The molecular formula is C14H13ClN3+. The smallest absolute Gasteiger partial charge is 0.169 e. The average molecular weight is 259 g/mol. The van der Waals surface area contributed by atoms with E-state index in [1.165, 1.54) is 0 Å². The molecule has 0 amide bonds. The van der Waals surface area contributed by atoms with Crippen LogP contribution in [0.2, 0.25) is 5.02 Å². The number of benzene rings is 1. The molecule has 2 heterocycles. The zero-order chi connectivity index (χ0) is 12.7. The molecule has 0 saturated heterocycles. The van der Waals surface area contributed by atoms with Crippen molar-refractivity contribution < 1.29 is 4.57 Å². The first-order chi connectivity index (χ1) is 8.65. The number of aromatic nitrogens is 3. The van der Waals surface area contributed by atoms with Crippen LogP contribution in [0.3, 0.4) is 0 Å². The lowest BCUT2D eigenvalue weighted by Crippen LogP contribution is -2.25. The van der Waals surface area contributed by atoms with Crippen LogP contribution in [0.15, 0.2) is 42.7 Å². The first-order valence-electron chi connectivity index (χ1n) is 5.73. The molecule has 3 aromatic rings. The highest BCUT2D eigenvalue weighted by molar-refractivity contribution is 6.31. The summed E-state index contributed by atoms with van der Waals surface area (Å²) >= 11 is 5.99. The Morgan fingerprint density at radius 2 is 1.89 bits per heavy atom. The van der Waals surface area contributed by atoms with E-state index >= 15 is 0 Å². The number of hydrogen-bond donors (Lipinski definition) is 0. The molecule has 0 aliphatic heterocycles. The minimum Gasteiger partial charge on any atom is -0.327 e. The predicted molar refractivity (Wildman–Crippen MR) is 72.3 cm³/mol. The highest BCUT2D eigenvalue weighted by atomic mass is 35.5. The Morgan fingerprint density at radius 1 is 1.17 bits per heavy atom. The summed E-state index contributed by atoms with van der Waals surface area (Å²) < 4.78 is 4.09. The van der Waals surface area contributed by atoms with Crippen molar-refractivity contribution >= 4 is 22.6 Å². The van der Waals surface area contributed by atoms with Gasteiger partial charge in [0.2, 0.25) is 0 Å². The Kier molecular flexibility index (Phi) is 2.56. The second kappa shape index (κ2) is 4.10. The molecule has 0 atom stereocenters. The summed E-state index contributed by atoms with van der Waals surface area (Å²) in [5.41, 5.74) is 3.11. The molecule has 3 nitrogen and oxygen atoms in total. The fourth-order valence-electron chi connectivity index (χ4n) is 2.08. The van der Waals surface area contributed by atoms with Crippen LogP contribution >= 0.6 is 11.6 Å². The summed E-state index contributed by atoms with van der Waals surface area (Å²) in [5, 5.41) is 0.714. The second-order valence-electron chi connectivity index (χ2n) is 4.38. The monoisotopic (exact) mass is 258 g/mol. The third-order valence-corrected chi connectivity index (χ3v) is 3.31. The summed E-state index contributed by atoms with van der Waals surface area (Å²) in [5.74, 6) is 0.952. The van der Waals surface area contributed by atoms with Crippen LogP contribution in [0, 0.1) is 0 Å². The van der Waals surface area contributed by atoms with E-state index in [0.29, 0.717) is 5.02 Å². The summed E-state index contributed by atoms with van der Waals surface area (Å²) in [4.78, 5) is 4.64. The number of halogens is 1. The molecule has 0 radical (unpaired) electrons. The van der Waals surface area contributed by atoms with Crippen LogP contribution in [-0.2, 0) is 14.1 Å². The second-order valence-corrected chi connectivity index (χ2v) is 4.82. The van der Waals surface area contributed by atoms with Crippen molar-refractivity contribution in [2.75, 3.05) is 0 Å². The minimum atomic E-state index is 0.714. The van der Waals surface area contributed by atoms with E-state index in [1.807, 2.05) is 49.3 Å². The van der Waals surface area contributed by atoms with Crippen LogP contribution in [0.1, 0.15) is 0 Å². The first-order valence-corrected chi connectivity index (χ1v) is 6.10. The SMILES string of the molecule is Cn1c(-c2cc[n+](C)cc2)nc2cc(Cl)ccc21. The van der Waals surface area contributed by atoms with E-state index in [2.05, 4.69) is 21.7 Å². The van der Waals surface area contributed by atoms with Crippen molar-refractivity contribution in [3.8, 4) is 11.4 Å². The van der Waals surface area contributed by atoms with Crippen LogP contribution < -0.4 is 4.57 Å². The van der Waals surface area contributed by atoms with Gasteiger partial charge in [0, 0.05) is 29.8 Å². The molecule has 90 valence electrons. The molecular weight excluding hydrogens is 246 g/mol. The average Bonchev–Trinajstić information content (AvgIpc) is 2.67. The van der Waals surface area contributed by atoms with Crippen LogP contribution in [0.5, 0.6) is 0 Å². The lowest BCUT2D eigenvalue weighted by molar-refractivity contribution is -0.671. The largest absolute Gasteiger partial charge is 0.327 e. The standard InChI is InChI=1S/C14H13ClN3/c1-17-7-5-10(6-8-17)14-16-12-9-11(15)3-4-13(12)18(14)2/h3-9H,1-2H3/q+1. The van der Waals surface area contributed by atoms with E-state index < -0.39 is 0 Å². The molecule has 1 aromatic carbocycles. The molecule has 0 saturated carbocycles. The Balaban J connectivity index is 2.23. The number of pyridine rings is 1. The van der Waals surface area contributed by atoms with Gasteiger partial charge in [-0.3, -0.25) is 0 Å². The van der Waals surface area contributed by atoms with Crippen molar-refractivity contribution in [1.29, 1.82) is 0 Å². The molecule has 0 bridgehead atoms. The van der Waals surface area contributed by atoms with Crippen molar-refractivity contribution in [3.63, 3.8) is 0 Å². The molecule has 0 aliphatic rings. The van der Waals surface area contributed by atoms with Crippen LogP contribution in [0.4, 0.5) is 0 Å². The van der Waals surface area contributed by atoms with E-state index in [9.17, 15) is 0 Å². The summed E-state index contributed by atoms with van der Waals surface area (Å²) in [6, 6.07) is 9.90. The Hall–Kier alpha value is -1.87. The quantitative estimate of drug-likeness (QED) is 0.615. The van der Waals surface area contributed by atoms with Crippen molar-refractivity contribution in [3.05, 3.63) is 47.7 Å². The molecule has 0 unspecified atom stereocenters. The first kappa shape index (κ1) is 11.2. The number of fused-ring (bicyclic) bond motifs is 1. The molecule has 0 aliphatic carbocycles. The Morgan fingerprint density at radius 3 is 2.61 bits per heavy atom. The van der Waals surface area contributed by atoms with Gasteiger partial charge in [-0.25, -0.2) is 9.55 Å². The fourth-order valence-corrected chi connectivity index (χ4v) is 2.25. The zero-order valence-electron chi connectivity index (χ0n) is 10.3. The Bertz CT molecular complexity index is 714. The van der Waals surface area contributed by atoms with Gasteiger partial charge < -0.3 is 4.57 Å².